The quantitative estimate of drug-likeness (QED) is 0.857. The summed E-state index contributed by atoms with van der Waals surface area (Å²) >= 11 is 0.627. The van der Waals surface area contributed by atoms with E-state index in [1.54, 1.807) is 12.4 Å². The number of pyridine rings is 1. The van der Waals surface area contributed by atoms with Gasteiger partial charge in [0.25, 0.3) is 0 Å². The summed E-state index contributed by atoms with van der Waals surface area (Å²) in [4.78, 5) is 8.41. The molecule has 124 valence electrons. The number of alkyl halides is 3. The smallest absolute Gasteiger partial charge is 0.370 e. The lowest BCUT2D eigenvalue weighted by atomic mass is 10.3. The summed E-state index contributed by atoms with van der Waals surface area (Å²) in [5.41, 5.74) is 1.12. The third kappa shape index (κ3) is 4.17. The third-order valence-electron chi connectivity index (χ3n) is 3.68. The second kappa shape index (κ2) is 6.79. The number of anilines is 1. The van der Waals surface area contributed by atoms with Crippen LogP contribution in [0.2, 0.25) is 0 Å². The van der Waals surface area contributed by atoms with E-state index in [0.29, 0.717) is 22.9 Å². The minimum Gasteiger partial charge on any atom is -0.370 e. The SMILES string of the molecule is FC(F)(F)c1nnc(CN2CCCN(c3ccncc3)CC2)s1. The van der Waals surface area contributed by atoms with Gasteiger partial charge in [0.1, 0.15) is 5.01 Å². The molecule has 1 aliphatic heterocycles. The van der Waals surface area contributed by atoms with Gasteiger partial charge in [-0.1, -0.05) is 11.3 Å². The van der Waals surface area contributed by atoms with Gasteiger partial charge in [-0.3, -0.25) is 9.88 Å². The summed E-state index contributed by atoms with van der Waals surface area (Å²) in [7, 11) is 0. The van der Waals surface area contributed by atoms with Gasteiger partial charge in [0.15, 0.2) is 0 Å². The lowest BCUT2D eigenvalue weighted by molar-refractivity contribution is -0.138. The predicted molar refractivity (Wildman–Crippen MR) is 81.3 cm³/mol. The number of nitrogens with zero attached hydrogens (tertiary/aromatic N) is 5. The monoisotopic (exact) mass is 343 g/mol. The average molecular weight is 343 g/mol. The second-order valence-electron chi connectivity index (χ2n) is 5.32. The summed E-state index contributed by atoms with van der Waals surface area (Å²) in [5.74, 6) is 0. The zero-order valence-electron chi connectivity index (χ0n) is 12.3. The molecule has 0 atom stereocenters. The molecule has 5 nitrogen and oxygen atoms in total. The highest BCUT2D eigenvalue weighted by molar-refractivity contribution is 7.11. The normalized spacial score (nSPS) is 17.3. The van der Waals surface area contributed by atoms with E-state index in [1.165, 1.54) is 0 Å². The highest BCUT2D eigenvalue weighted by Crippen LogP contribution is 2.31. The van der Waals surface area contributed by atoms with Gasteiger partial charge in [-0.2, -0.15) is 13.2 Å². The van der Waals surface area contributed by atoms with E-state index in [0.717, 1.165) is 38.3 Å². The molecule has 0 spiro atoms. The average Bonchev–Trinajstić information content (AvgIpc) is 2.88. The molecule has 23 heavy (non-hydrogen) atoms. The molecule has 0 saturated carbocycles. The van der Waals surface area contributed by atoms with Gasteiger partial charge in [-0.05, 0) is 18.6 Å². The standard InChI is InChI=1S/C14H16F3N5S/c15-14(16,17)13-20-19-12(23-13)10-21-6-1-7-22(9-8-21)11-2-4-18-5-3-11/h2-5H,1,6-10H2. The zero-order chi connectivity index (χ0) is 16.3. The summed E-state index contributed by atoms with van der Waals surface area (Å²) in [6, 6.07) is 3.94. The lowest BCUT2D eigenvalue weighted by Gasteiger charge is -2.23. The Morgan fingerprint density at radius 2 is 1.83 bits per heavy atom. The van der Waals surface area contributed by atoms with Crippen molar-refractivity contribution in [2.75, 3.05) is 31.1 Å². The first-order chi connectivity index (χ1) is 11.0. The molecule has 9 heteroatoms. The van der Waals surface area contributed by atoms with E-state index < -0.39 is 11.2 Å². The first-order valence-electron chi connectivity index (χ1n) is 7.29. The minimum atomic E-state index is -4.41. The van der Waals surface area contributed by atoms with Crippen LogP contribution in [-0.2, 0) is 12.7 Å². The molecule has 0 N–H and O–H groups in total. The molecular weight excluding hydrogens is 327 g/mol. The Balaban J connectivity index is 1.59. The molecule has 1 saturated heterocycles. The fourth-order valence-electron chi connectivity index (χ4n) is 2.57. The lowest BCUT2D eigenvalue weighted by Crippen LogP contribution is -2.30. The van der Waals surface area contributed by atoms with Gasteiger partial charge in [0, 0.05) is 44.3 Å². The molecule has 1 fully saturated rings. The summed E-state index contributed by atoms with van der Waals surface area (Å²) in [6.07, 6.45) is 0.0654. The van der Waals surface area contributed by atoms with Crippen LogP contribution < -0.4 is 4.90 Å². The number of hydrogen-bond acceptors (Lipinski definition) is 6. The van der Waals surface area contributed by atoms with E-state index in [2.05, 4.69) is 25.0 Å². The van der Waals surface area contributed by atoms with E-state index in [9.17, 15) is 13.2 Å². The Labute approximate surface area is 135 Å². The van der Waals surface area contributed by atoms with Gasteiger partial charge in [-0.25, -0.2) is 0 Å². The van der Waals surface area contributed by atoms with E-state index in [-0.39, 0.29) is 0 Å². The molecule has 0 radical (unpaired) electrons. The summed E-state index contributed by atoms with van der Waals surface area (Å²) < 4.78 is 37.7. The van der Waals surface area contributed by atoms with Crippen molar-refractivity contribution in [3.63, 3.8) is 0 Å². The maximum Gasteiger partial charge on any atom is 0.445 e. The molecule has 3 rings (SSSR count). The van der Waals surface area contributed by atoms with Crippen LogP contribution in [0.25, 0.3) is 0 Å². The molecule has 0 bridgehead atoms. The van der Waals surface area contributed by atoms with Crippen molar-refractivity contribution >= 4 is 17.0 Å². The first-order valence-corrected chi connectivity index (χ1v) is 8.11. The summed E-state index contributed by atoms with van der Waals surface area (Å²) in [6.45, 7) is 3.78. The fraction of sp³-hybridized carbons (Fsp3) is 0.500. The third-order valence-corrected chi connectivity index (χ3v) is 4.64. The van der Waals surface area contributed by atoms with Gasteiger partial charge < -0.3 is 4.90 Å². The number of rotatable bonds is 3. The Morgan fingerprint density at radius 3 is 2.52 bits per heavy atom. The van der Waals surface area contributed by atoms with Crippen molar-refractivity contribution in [3.8, 4) is 0 Å². The minimum absolute atomic E-state index is 0.412. The Hall–Kier alpha value is -1.74. The number of aromatic nitrogens is 3. The van der Waals surface area contributed by atoms with Crippen LogP contribution in [0.1, 0.15) is 16.4 Å². The molecule has 2 aromatic rings. The molecule has 2 aromatic heterocycles. The van der Waals surface area contributed by atoms with E-state index in [1.807, 2.05) is 12.1 Å². The maximum absolute atomic E-state index is 12.6. The van der Waals surface area contributed by atoms with Crippen molar-refractivity contribution in [1.82, 2.24) is 20.1 Å². The van der Waals surface area contributed by atoms with Gasteiger partial charge >= 0.3 is 6.18 Å². The Morgan fingerprint density at radius 1 is 1.04 bits per heavy atom. The van der Waals surface area contributed by atoms with Crippen LogP contribution in [0.4, 0.5) is 18.9 Å². The molecule has 1 aliphatic rings. The van der Waals surface area contributed by atoms with Crippen LogP contribution in [-0.4, -0.2) is 46.3 Å². The van der Waals surface area contributed by atoms with Crippen LogP contribution in [0.3, 0.4) is 0 Å². The second-order valence-corrected chi connectivity index (χ2v) is 6.38. The topological polar surface area (TPSA) is 45.2 Å². The van der Waals surface area contributed by atoms with E-state index >= 15 is 0 Å². The van der Waals surface area contributed by atoms with Crippen LogP contribution in [0.15, 0.2) is 24.5 Å². The predicted octanol–water partition coefficient (Wildman–Crippen LogP) is 2.66. The Kier molecular flexibility index (Phi) is 4.76. The van der Waals surface area contributed by atoms with Crippen LogP contribution >= 0.6 is 11.3 Å². The molecule has 0 aromatic carbocycles. The highest BCUT2D eigenvalue weighted by Gasteiger charge is 2.35. The molecular formula is C14H16F3N5S. The van der Waals surface area contributed by atoms with Crippen molar-refractivity contribution in [2.24, 2.45) is 0 Å². The number of hydrogen-bond donors (Lipinski definition) is 0. The maximum atomic E-state index is 12.6. The van der Waals surface area contributed by atoms with Gasteiger partial charge in [0.2, 0.25) is 5.01 Å². The Bertz CT molecular complexity index is 631. The fourth-order valence-corrected chi connectivity index (χ4v) is 3.31. The van der Waals surface area contributed by atoms with Gasteiger partial charge in [-0.15, -0.1) is 10.2 Å². The van der Waals surface area contributed by atoms with Gasteiger partial charge in [0.05, 0.1) is 6.54 Å². The van der Waals surface area contributed by atoms with Crippen molar-refractivity contribution in [1.29, 1.82) is 0 Å². The molecule has 3 heterocycles. The van der Waals surface area contributed by atoms with E-state index in [4.69, 9.17) is 0 Å². The molecule has 0 amide bonds. The largest absolute Gasteiger partial charge is 0.445 e. The van der Waals surface area contributed by atoms with Crippen molar-refractivity contribution in [3.05, 3.63) is 34.5 Å². The summed E-state index contributed by atoms with van der Waals surface area (Å²) in [5, 5.41) is 6.45. The van der Waals surface area contributed by atoms with Crippen LogP contribution in [0, 0.1) is 0 Å². The van der Waals surface area contributed by atoms with Crippen molar-refractivity contribution in [2.45, 2.75) is 19.1 Å². The molecule has 0 aliphatic carbocycles. The van der Waals surface area contributed by atoms with Crippen molar-refractivity contribution < 1.29 is 13.2 Å². The zero-order valence-corrected chi connectivity index (χ0v) is 13.1. The number of halogens is 3. The highest BCUT2D eigenvalue weighted by atomic mass is 32.1. The first kappa shape index (κ1) is 16.1. The van der Waals surface area contributed by atoms with Crippen LogP contribution in [0.5, 0.6) is 0 Å². The molecule has 0 unspecified atom stereocenters.